The number of hydrogen-bond acceptors (Lipinski definition) is 4. The van der Waals surface area contributed by atoms with E-state index in [1.807, 2.05) is 0 Å². The lowest BCUT2D eigenvalue weighted by Gasteiger charge is -2.41. The van der Waals surface area contributed by atoms with Gasteiger partial charge in [0.15, 0.2) is 0 Å². The van der Waals surface area contributed by atoms with E-state index in [9.17, 15) is 4.39 Å². The molecule has 5 heteroatoms. The van der Waals surface area contributed by atoms with Crippen molar-refractivity contribution in [3.05, 3.63) is 24.0 Å². The number of nitrogens with one attached hydrogen (secondary N) is 1. The molecular formula is C15H23FN2O2. The number of nitrogens with two attached hydrogens (primary N) is 1. The van der Waals surface area contributed by atoms with Crippen LogP contribution >= 0.6 is 0 Å². The molecule has 0 saturated heterocycles. The van der Waals surface area contributed by atoms with E-state index in [1.165, 1.54) is 6.07 Å². The minimum atomic E-state index is -0.313. The van der Waals surface area contributed by atoms with Gasteiger partial charge in [0, 0.05) is 19.7 Å². The highest BCUT2D eigenvalue weighted by atomic mass is 19.1. The van der Waals surface area contributed by atoms with E-state index in [0.717, 1.165) is 25.7 Å². The van der Waals surface area contributed by atoms with Crippen LogP contribution in [0.15, 0.2) is 18.2 Å². The molecule has 0 aliphatic heterocycles. The predicted molar refractivity (Wildman–Crippen MR) is 77.6 cm³/mol. The molecule has 0 aromatic heterocycles. The van der Waals surface area contributed by atoms with Gasteiger partial charge in [-0.05, 0) is 37.8 Å². The average molecular weight is 282 g/mol. The number of anilines is 1. The zero-order valence-corrected chi connectivity index (χ0v) is 12.1. The van der Waals surface area contributed by atoms with Crippen molar-refractivity contribution < 1.29 is 13.9 Å². The molecule has 2 atom stereocenters. The Morgan fingerprint density at radius 2 is 2.25 bits per heavy atom. The first-order valence-corrected chi connectivity index (χ1v) is 6.97. The largest absolute Gasteiger partial charge is 0.497 e. The lowest BCUT2D eigenvalue weighted by Crippen LogP contribution is -2.50. The maximum absolute atomic E-state index is 14.0. The Morgan fingerprint density at radius 1 is 1.45 bits per heavy atom. The molecule has 1 saturated carbocycles. The SMILES string of the molecule is COc1ccc(F)c(NC2(CN)CCCC(OC)C2)c1. The summed E-state index contributed by atoms with van der Waals surface area (Å²) in [6, 6.07) is 4.68. The van der Waals surface area contributed by atoms with Crippen LogP contribution in [0.5, 0.6) is 5.75 Å². The molecule has 112 valence electrons. The maximum Gasteiger partial charge on any atom is 0.146 e. The van der Waals surface area contributed by atoms with Gasteiger partial charge in [-0.15, -0.1) is 0 Å². The third-order valence-electron chi connectivity index (χ3n) is 4.10. The zero-order chi connectivity index (χ0) is 14.6. The van der Waals surface area contributed by atoms with Crippen molar-refractivity contribution in [1.29, 1.82) is 0 Å². The van der Waals surface area contributed by atoms with E-state index >= 15 is 0 Å². The minimum Gasteiger partial charge on any atom is -0.497 e. The van der Waals surface area contributed by atoms with Crippen LogP contribution < -0.4 is 15.8 Å². The Bertz CT molecular complexity index is 455. The summed E-state index contributed by atoms with van der Waals surface area (Å²) in [6.45, 7) is 0.448. The molecule has 2 rings (SSSR count). The summed E-state index contributed by atoms with van der Waals surface area (Å²) in [7, 11) is 3.28. The molecule has 0 radical (unpaired) electrons. The second-order valence-electron chi connectivity index (χ2n) is 5.41. The second kappa shape index (κ2) is 6.41. The Labute approximate surface area is 119 Å². The topological polar surface area (TPSA) is 56.5 Å². The van der Waals surface area contributed by atoms with Gasteiger partial charge in [-0.3, -0.25) is 0 Å². The average Bonchev–Trinajstić information content (AvgIpc) is 2.49. The van der Waals surface area contributed by atoms with Gasteiger partial charge in [0.25, 0.3) is 0 Å². The van der Waals surface area contributed by atoms with Crippen molar-refractivity contribution in [2.45, 2.75) is 37.3 Å². The number of methoxy groups -OCH3 is 2. The van der Waals surface area contributed by atoms with Gasteiger partial charge in [-0.25, -0.2) is 4.39 Å². The molecule has 1 aliphatic rings. The molecule has 1 aromatic carbocycles. The molecule has 1 aliphatic carbocycles. The quantitative estimate of drug-likeness (QED) is 0.871. The molecular weight excluding hydrogens is 259 g/mol. The van der Waals surface area contributed by atoms with Crippen LogP contribution in [0.2, 0.25) is 0 Å². The number of ether oxygens (including phenoxy) is 2. The fourth-order valence-electron chi connectivity index (χ4n) is 2.87. The highest BCUT2D eigenvalue weighted by Crippen LogP contribution is 2.34. The van der Waals surface area contributed by atoms with Crippen molar-refractivity contribution in [3.8, 4) is 5.75 Å². The van der Waals surface area contributed by atoms with Crippen molar-refractivity contribution in [2.24, 2.45) is 5.73 Å². The monoisotopic (exact) mass is 282 g/mol. The smallest absolute Gasteiger partial charge is 0.146 e. The highest BCUT2D eigenvalue weighted by molar-refractivity contribution is 5.51. The van der Waals surface area contributed by atoms with E-state index < -0.39 is 0 Å². The lowest BCUT2D eigenvalue weighted by molar-refractivity contribution is 0.0482. The van der Waals surface area contributed by atoms with E-state index in [-0.39, 0.29) is 17.5 Å². The molecule has 1 fully saturated rings. The van der Waals surface area contributed by atoms with E-state index in [4.69, 9.17) is 15.2 Å². The van der Waals surface area contributed by atoms with Gasteiger partial charge in [-0.2, -0.15) is 0 Å². The predicted octanol–water partition coefficient (Wildman–Crippen LogP) is 2.53. The molecule has 1 aromatic rings. The molecule has 0 bridgehead atoms. The second-order valence-corrected chi connectivity index (χ2v) is 5.41. The van der Waals surface area contributed by atoms with Gasteiger partial charge >= 0.3 is 0 Å². The van der Waals surface area contributed by atoms with Crippen LogP contribution in [-0.2, 0) is 4.74 Å². The van der Waals surface area contributed by atoms with Gasteiger partial charge in [-0.1, -0.05) is 0 Å². The summed E-state index contributed by atoms with van der Waals surface area (Å²) in [5.74, 6) is 0.332. The lowest BCUT2D eigenvalue weighted by atomic mass is 9.80. The van der Waals surface area contributed by atoms with E-state index in [0.29, 0.717) is 18.0 Å². The molecule has 3 N–H and O–H groups in total. The van der Waals surface area contributed by atoms with Gasteiger partial charge in [0.05, 0.1) is 24.4 Å². The van der Waals surface area contributed by atoms with Crippen molar-refractivity contribution in [2.75, 3.05) is 26.1 Å². The molecule has 20 heavy (non-hydrogen) atoms. The van der Waals surface area contributed by atoms with Crippen LogP contribution in [0.1, 0.15) is 25.7 Å². The van der Waals surface area contributed by atoms with Crippen molar-refractivity contribution >= 4 is 5.69 Å². The normalized spacial score (nSPS) is 26.3. The summed E-state index contributed by atoms with van der Waals surface area (Å²) in [5.41, 5.74) is 6.08. The zero-order valence-electron chi connectivity index (χ0n) is 12.1. The van der Waals surface area contributed by atoms with Gasteiger partial charge in [0.1, 0.15) is 11.6 Å². The van der Waals surface area contributed by atoms with Crippen LogP contribution in [-0.4, -0.2) is 32.4 Å². The van der Waals surface area contributed by atoms with Crippen molar-refractivity contribution in [1.82, 2.24) is 0 Å². The Kier molecular flexibility index (Phi) is 4.83. The molecule has 2 unspecified atom stereocenters. The van der Waals surface area contributed by atoms with Crippen LogP contribution in [0.3, 0.4) is 0 Å². The molecule has 0 heterocycles. The maximum atomic E-state index is 14.0. The standard InChI is InChI=1S/C15H23FN2O2/c1-19-11-5-6-13(16)14(8-11)18-15(10-17)7-3-4-12(9-15)20-2/h5-6,8,12,18H,3-4,7,9-10,17H2,1-2H3. The number of halogens is 1. The summed E-state index contributed by atoms with van der Waals surface area (Å²) < 4.78 is 24.5. The first-order valence-electron chi connectivity index (χ1n) is 6.97. The van der Waals surface area contributed by atoms with Crippen molar-refractivity contribution in [3.63, 3.8) is 0 Å². The van der Waals surface area contributed by atoms with E-state index in [1.54, 1.807) is 26.4 Å². The number of hydrogen-bond donors (Lipinski definition) is 2. The fourth-order valence-corrected chi connectivity index (χ4v) is 2.87. The molecule has 4 nitrogen and oxygen atoms in total. The highest BCUT2D eigenvalue weighted by Gasteiger charge is 2.35. The third kappa shape index (κ3) is 3.22. The first-order chi connectivity index (χ1) is 9.62. The first kappa shape index (κ1) is 15.1. The Morgan fingerprint density at radius 3 is 2.90 bits per heavy atom. The van der Waals surface area contributed by atoms with Crippen LogP contribution in [0, 0.1) is 5.82 Å². The minimum absolute atomic E-state index is 0.175. The fraction of sp³-hybridized carbons (Fsp3) is 0.600. The van der Waals surface area contributed by atoms with Crippen LogP contribution in [0.25, 0.3) is 0 Å². The van der Waals surface area contributed by atoms with Gasteiger partial charge < -0.3 is 20.5 Å². The Balaban J connectivity index is 2.21. The number of rotatable bonds is 5. The third-order valence-corrected chi connectivity index (χ3v) is 4.10. The molecule has 0 spiro atoms. The van der Waals surface area contributed by atoms with Crippen LogP contribution in [0.4, 0.5) is 10.1 Å². The Hall–Kier alpha value is -1.33. The summed E-state index contributed by atoms with van der Waals surface area (Å²) in [5, 5.41) is 3.29. The van der Waals surface area contributed by atoms with E-state index in [2.05, 4.69) is 5.32 Å². The molecule has 0 amide bonds. The summed E-state index contributed by atoms with van der Waals surface area (Å²) in [4.78, 5) is 0. The number of benzene rings is 1. The summed E-state index contributed by atoms with van der Waals surface area (Å²) in [6.07, 6.45) is 3.93. The van der Waals surface area contributed by atoms with Gasteiger partial charge in [0.2, 0.25) is 0 Å². The summed E-state index contributed by atoms with van der Waals surface area (Å²) >= 11 is 0.